The Morgan fingerprint density at radius 1 is 1.33 bits per heavy atom. The van der Waals surface area contributed by atoms with E-state index in [1.165, 1.54) is 11.3 Å². The summed E-state index contributed by atoms with van der Waals surface area (Å²) in [4.78, 5) is 9.08. The third-order valence-electron chi connectivity index (χ3n) is 3.39. The van der Waals surface area contributed by atoms with Crippen LogP contribution in [-0.4, -0.2) is 21.6 Å². The molecule has 0 spiro atoms. The van der Waals surface area contributed by atoms with Gasteiger partial charge in [-0.15, -0.1) is 11.3 Å². The molecule has 0 aliphatic rings. The molecule has 0 bridgehead atoms. The van der Waals surface area contributed by atoms with E-state index in [0.29, 0.717) is 11.6 Å². The molecule has 1 aromatic carbocycles. The summed E-state index contributed by atoms with van der Waals surface area (Å²) in [5.41, 5.74) is 8.77. The van der Waals surface area contributed by atoms with E-state index in [9.17, 15) is 0 Å². The van der Waals surface area contributed by atoms with E-state index in [4.69, 9.17) is 15.5 Å². The van der Waals surface area contributed by atoms with Crippen molar-refractivity contribution in [3.63, 3.8) is 0 Å². The summed E-state index contributed by atoms with van der Waals surface area (Å²) in [6.45, 7) is 3.11. The largest absolute Gasteiger partial charge is 0.497 e. The second-order valence-electron chi connectivity index (χ2n) is 4.89. The maximum atomic E-state index is 5.71. The number of nitrogen functional groups attached to an aromatic ring is 1. The Morgan fingerprint density at radius 3 is 2.86 bits per heavy atom. The highest BCUT2D eigenvalue weighted by molar-refractivity contribution is 7.13. The molecule has 0 unspecified atom stereocenters. The molecule has 5 nitrogen and oxygen atoms in total. The first-order valence-corrected chi connectivity index (χ1v) is 7.82. The fourth-order valence-corrected chi connectivity index (χ4v) is 3.02. The maximum Gasteiger partial charge on any atom is 0.180 e. The number of aryl methyl sites for hydroxylation is 1. The number of anilines is 1. The number of benzene rings is 1. The number of ether oxygens (including phenoxy) is 1. The van der Waals surface area contributed by atoms with E-state index in [2.05, 4.69) is 22.5 Å². The first-order chi connectivity index (χ1) is 10.2. The molecule has 6 heteroatoms. The van der Waals surface area contributed by atoms with Gasteiger partial charge in [-0.2, -0.15) is 0 Å². The Hall–Kier alpha value is -2.08. The Bertz CT molecular complexity index is 762. The Morgan fingerprint density at radius 2 is 2.19 bits per heavy atom. The summed E-state index contributed by atoms with van der Waals surface area (Å²) in [5, 5.41) is 2.59. The lowest BCUT2D eigenvalue weighted by molar-refractivity contribution is 0.415. The van der Waals surface area contributed by atoms with Gasteiger partial charge in [0, 0.05) is 24.4 Å². The normalized spacial score (nSPS) is 11.1. The molecule has 110 valence electrons. The molecule has 0 amide bonds. The smallest absolute Gasteiger partial charge is 0.180 e. The lowest BCUT2D eigenvalue weighted by Crippen LogP contribution is -2.04. The molecule has 3 rings (SSSR count). The number of nitrogens with zero attached hydrogens (tertiary/aromatic N) is 3. The topological polar surface area (TPSA) is 66.0 Å². The number of rotatable bonds is 5. The van der Waals surface area contributed by atoms with Crippen molar-refractivity contribution >= 4 is 27.5 Å². The third-order valence-corrected chi connectivity index (χ3v) is 4.11. The molecule has 2 N–H and O–H groups in total. The minimum atomic E-state index is 0.602. The van der Waals surface area contributed by atoms with E-state index in [1.54, 1.807) is 7.11 Å². The van der Waals surface area contributed by atoms with Crippen molar-refractivity contribution in [2.45, 2.75) is 26.3 Å². The zero-order valence-electron chi connectivity index (χ0n) is 12.2. The third kappa shape index (κ3) is 2.71. The van der Waals surface area contributed by atoms with Crippen LogP contribution in [0.5, 0.6) is 5.75 Å². The van der Waals surface area contributed by atoms with Gasteiger partial charge in [0.05, 0.1) is 23.8 Å². The van der Waals surface area contributed by atoms with E-state index >= 15 is 0 Å². The van der Waals surface area contributed by atoms with Gasteiger partial charge in [0.1, 0.15) is 11.6 Å². The minimum Gasteiger partial charge on any atom is -0.497 e. The number of aromatic nitrogens is 3. The van der Waals surface area contributed by atoms with Crippen LogP contribution in [0.3, 0.4) is 0 Å². The molecule has 0 aliphatic carbocycles. The lowest BCUT2D eigenvalue weighted by atomic mass is 10.3. The van der Waals surface area contributed by atoms with Crippen LogP contribution in [0.15, 0.2) is 23.6 Å². The number of imidazole rings is 1. The molecule has 21 heavy (non-hydrogen) atoms. The lowest BCUT2D eigenvalue weighted by Gasteiger charge is -2.07. The van der Waals surface area contributed by atoms with Gasteiger partial charge < -0.3 is 15.0 Å². The summed E-state index contributed by atoms with van der Waals surface area (Å²) in [6, 6.07) is 6.01. The Balaban J connectivity index is 2.05. The quantitative estimate of drug-likeness (QED) is 0.786. The molecular formula is C15H18N4OS. The molecule has 3 aromatic rings. The van der Waals surface area contributed by atoms with Crippen LogP contribution in [0.1, 0.15) is 24.9 Å². The number of methoxy groups -OCH3 is 1. The van der Waals surface area contributed by atoms with Gasteiger partial charge in [0.15, 0.2) is 5.13 Å². The van der Waals surface area contributed by atoms with E-state index in [-0.39, 0.29) is 0 Å². The van der Waals surface area contributed by atoms with Crippen LogP contribution < -0.4 is 10.5 Å². The van der Waals surface area contributed by atoms with Crippen molar-refractivity contribution in [2.75, 3.05) is 12.8 Å². The van der Waals surface area contributed by atoms with E-state index < -0.39 is 0 Å². The van der Waals surface area contributed by atoms with Gasteiger partial charge >= 0.3 is 0 Å². The molecule has 0 atom stereocenters. The molecule has 0 aliphatic heterocycles. The minimum absolute atomic E-state index is 0.602. The molecule has 0 fully saturated rings. The van der Waals surface area contributed by atoms with Crippen molar-refractivity contribution in [1.82, 2.24) is 14.5 Å². The van der Waals surface area contributed by atoms with Crippen molar-refractivity contribution in [1.29, 1.82) is 0 Å². The highest BCUT2D eigenvalue weighted by Gasteiger charge is 2.13. The zero-order chi connectivity index (χ0) is 14.8. The van der Waals surface area contributed by atoms with Crippen molar-refractivity contribution in [2.24, 2.45) is 0 Å². The van der Waals surface area contributed by atoms with Gasteiger partial charge in [0.2, 0.25) is 0 Å². The second-order valence-corrected chi connectivity index (χ2v) is 5.78. The Labute approximate surface area is 127 Å². The monoisotopic (exact) mass is 302 g/mol. The highest BCUT2D eigenvalue weighted by Crippen LogP contribution is 2.24. The van der Waals surface area contributed by atoms with Gasteiger partial charge in [-0.1, -0.05) is 6.92 Å². The van der Waals surface area contributed by atoms with Crippen LogP contribution in [-0.2, 0) is 13.0 Å². The van der Waals surface area contributed by atoms with Gasteiger partial charge in [0.25, 0.3) is 0 Å². The fourth-order valence-electron chi connectivity index (χ4n) is 2.46. The predicted molar refractivity (Wildman–Crippen MR) is 85.9 cm³/mol. The summed E-state index contributed by atoms with van der Waals surface area (Å²) in [7, 11) is 1.67. The number of fused-ring (bicyclic) bond motifs is 1. The average molecular weight is 302 g/mol. The van der Waals surface area contributed by atoms with E-state index in [0.717, 1.165) is 41.3 Å². The molecule has 0 saturated heterocycles. The average Bonchev–Trinajstić information content (AvgIpc) is 3.03. The first-order valence-electron chi connectivity index (χ1n) is 6.94. The Kier molecular flexibility index (Phi) is 3.79. The van der Waals surface area contributed by atoms with Crippen LogP contribution in [0.4, 0.5) is 5.13 Å². The van der Waals surface area contributed by atoms with Crippen LogP contribution in [0.2, 0.25) is 0 Å². The number of nitrogens with two attached hydrogens (primary N) is 1. The second kappa shape index (κ2) is 5.73. The van der Waals surface area contributed by atoms with Crippen molar-refractivity contribution < 1.29 is 4.74 Å². The van der Waals surface area contributed by atoms with Gasteiger partial charge in [-0.25, -0.2) is 9.97 Å². The number of hydrogen-bond donors (Lipinski definition) is 1. The molecule has 2 aromatic heterocycles. The molecule has 0 radical (unpaired) electrons. The van der Waals surface area contributed by atoms with Crippen LogP contribution in [0, 0.1) is 0 Å². The number of hydrogen-bond acceptors (Lipinski definition) is 5. The van der Waals surface area contributed by atoms with Gasteiger partial charge in [-0.3, -0.25) is 0 Å². The molecule has 2 heterocycles. The van der Waals surface area contributed by atoms with Crippen molar-refractivity contribution in [3.8, 4) is 5.75 Å². The molecule has 0 saturated carbocycles. The van der Waals surface area contributed by atoms with Crippen LogP contribution in [0.25, 0.3) is 11.0 Å². The summed E-state index contributed by atoms with van der Waals surface area (Å²) < 4.78 is 7.53. The van der Waals surface area contributed by atoms with Crippen molar-refractivity contribution in [3.05, 3.63) is 35.1 Å². The fraction of sp³-hybridized carbons (Fsp3) is 0.333. The maximum absolute atomic E-state index is 5.71. The zero-order valence-corrected chi connectivity index (χ0v) is 13.0. The predicted octanol–water partition coefficient (Wildman–Crippen LogP) is 3.08. The number of thiazole rings is 1. The first kappa shape index (κ1) is 13.9. The van der Waals surface area contributed by atoms with Crippen LogP contribution >= 0.6 is 11.3 Å². The summed E-state index contributed by atoms with van der Waals surface area (Å²) in [6.07, 6.45) is 1.76. The summed E-state index contributed by atoms with van der Waals surface area (Å²) in [5.74, 6) is 1.85. The van der Waals surface area contributed by atoms with E-state index in [1.807, 2.05) is 17.5 Å². The van der Waals surface area contributed by atoms with Gasteiger partial charge in [-0.05, 0) is 18.6 Å². The SMILES string of the molecule is CCCn1c(Cc2csc(N)n2)nc2cc(OC)ccc21. The summed E-state index contributed by atoms with van der Waals surface area (Å²) >= 11 is 1.47. The standard InChI is InChI=1S/C15H18N4OS/c1-3-6-19-13-5-4-11(20-2)8-12(13)18-14(19)7-10-9-21-15(16)17-10/h4-5,8-9H,3,6-7H2,1-2H3,(H2,16,17). The molecular weight excluding hydrogens is 284 g/mol. The highest BCUT2D eigenvalue weighted by atomic mass is 32.1.